The molecule has 7 heteroatoms. The lowest BCUT2D eigenvalue weighted by atomic mass is 9.83. The fourth-order valence-corrected chi connectivity index (χ4v) is 3.99. The normalized spacial score (nSPS) is 20.7. The van der Waals surface area contributed by atoms with Crippen molar-refractivity contribution in [3.63, 3.8) is 0 Å². The first kappa shape index (κ1) is 21.2. The van der Waals surface area contributed by atoms with Crippen molar-refractivity contribution < 1.29 is 14.5 Å². The Hall–Kier alpha value is -3.48. The molecule has 2 aromatic rings. The second kappa shape index (κ2) is 8.49. The van der Waals surface area contributed by atoms with Gasteiger partial charge in [-0.3, -0.25) is 19.7 Å². The van der Waals surface area contributed by atoms with Crippen molar-refractivity contribution in [2.75, 3.05) is 6.54 Å². The van der Waals surface area contributed by atoms with Crippen LogP contribution in [-0.4, -0.2) is 33.7 Å². The summed E-state index contributed by atoms with van der Waals surface area (Å²) in [7, 11) is 0. The maximum Gasteiger partial charge on any atom is 0.276 e. The van der Waals surface area contributed by atoms with Crippen molar-refractivity contribution in [1.29, 1.82) is 0 Å². The van der Waals surface area contributed by atoms with Crippen molar-refractivity contribution in [2.24, 2.45) is 0 Å². The molecule has 2 amide bonds. The van der Waals surface area contributed by atoms with E-state index in [1.54, 1.807) is 32.0 Å². The molecule has 1 unspecified atom stereocenters. The van der Waals surface area contributed by atoms with E-state index in [0.29, 0.717) is 24.0 Å². The molecule has 1 heterocycles. The van der Waals surface area contributed by atoms with Gasteiger partial charge >= 0.3 is 0 Å². The highest BCUT2D eigenvalue weighted by Crippen LogP contribution is 2.34. The minimum Gasteiger partial charge on any atom is -0.336 e. The van der Waals surface area contributed by atoms with E-state index in [9.17, 15) is 19.7 Å². The predicted molar refractivity (Wildman–Crippen MR) is 114 cm³/mol. The van der Waals surface area contributed by atoms with E-state index >= 15 is 0 Å². The summed E-state index contributed by atoms with van der Waals surface area (Å²) in [6.45, 7) is 5.60. The topological polar surface area (TPSA) is 92.6 Å². The highest BCUT2D eigenvalue weighted by molar-refractivity contribution is 6.11. The summed E-state index contributed by atoms with van der Waals surface area (Å²) in [5, 5.41) is 14.4. The number of nitro groups is 1. The first-order valence-corrected chi connectivity index (χ1v) is 9.97. The Bertz CT molecular complexity index is 1020. The number of carbonyl (C=O) groups is 2. The molecule has 0 aromatic heterocycles. The van der Waals surface area contributed by atoms with Crippen LogP contribution in [0.4, 0.5) is 5.69 Å². The highest BCUT2D eigenvalue weighted by Gasteiger charge is 2.48. The Morgan fingerprint density at radius 2 is 1.70 bits per heavy atom. The summed E-state index contributed by atoms with van der Waals surface area (Å²) in [5.41, 5.74) is 0.683. The van der Waals surface area contributed by atoms with Crippen LogP contribution < -0.4 is 5.32 Å². The lowest BCUT2D eigenvalue weighted by Gasteiger charge is -2.43. The van der Waals surface area contributed by atoms with E-state index in [2.05, 4.69) is 5.32 Å². The van der Waals surface area contributed by atoms with Crippen molar-refractivity contribution in [2.45, 2.75) is 39.2 Å². The third-order valence-corrected chi connectivity index (χ3v) is 5.62. The maximum atomic E-state index is 13.6. The number of amides is 2. The number of para-hydroxylation sites is 1. The Morgan fingerprint density at radius 3 is 2.30 bits per heavy atom. The Kier molecular flexibility index (Phi) is 6.01. The zero-order valence-electron chi connectivity index (χ0n) is 17.3. The summed E-state index contributed by atoms with van der Waals surface area (Å²) >= 11 is 0. The van der Waals surface area contributed by atoms with Crippen molar-refractivity contribution in [3.8, 4) is 0 Å². The summed E-state index contributed by atoms with van der Waals surface area (Å²) in [6, 6.07) is 15.8. The van der Waals surface area contributed by atoms with Gasteiger partial charge in [0, 0.05) is 19.0 Å². The van der Waals surface area contributed by atoms with Crippen LogP contribution in [-0.2, 0) is 16.0 Å². The molecule has 156 valence electrons. The smallest absolute Gasteiger partial charge is 0.276 e. The Labute approximate surface area is 175 Å². The zero-order valence-corrected chi connectivity index (χ0v) is 17.3. The molecule has 0 bridgehead atoms. The average Bonchev–Trinajstić information content (AvgIpc) is 2.76. The number of allylic oxidation sites excluding steroid dienone is 1. The molecule has 1 aliphatic rings. The lowest BCUT2D eigenvalue weighted by Crippen LogP contribution is -2.66. The molecule has 0 spiro atoms. The maximum absolute atomic E-state index is 13.6. The standard InChI is InChI=1S/C23H25N3O4/c1-4-23(15-17-11-7-6-8-12-17)22(28)25(5-2)20(21(27)24-23)16(3)18-13-9-10-14-19(18)26(29)30/h6-14H,4-5,15H2,1-3H3,(H,24,27). The van der Waals surface area contributed by atoms with Crippen LogP contribution in [0.1, 0.15) is 38.3 Å². The van der Waals surface area contributed by atoms with Crippen LogP contribution in [0.15, 0.2) is 60.3 Å². The molecule has 3 rings (SSSR count). The van der Waals surface area contributed by atoms with Crippen LogP contribution in [0, 0.1) is 10.1 Å². The molecule has 0 radical (unpaired) electrons. The molecule has 30 heavy (non-hydrogen) atoms. The summed E-state index contributed by atoms with van der Waals surface area (Å²) in [4.78, 5) is 39.2. The zero-order chi connectivity index (χ0) is 21.9. The second-order valence-corrected chi connectivity index (χ2v) is 7.35. The van der Waals surface area contributed by atoms with Gasteiger partial charge in [0.05, 0.1) is 10.5 Å². The van der Waals surface area contributed by atoms with Gasteiger partial charge in [-0.2, -0.15) is 0 Å². The second-order valence-electron chi connectivity index (χ2n) is 7.35. The predicted octanol–water partition coefficient (Wildman–Crippen LogP) is 3.70. The molecule has 1 aliphatic heterocycles. The van der Waals surface area contributed by atoms with Gasteiger partial charge in [-0.15, -0.1) is 0 Å². The van der Waals surface area contributed by atoms with Crippen LogP contribution in [0.3, 0.4) is 0 Å². The van der Waals surface area contributed by atoms with E-state index in [0.717, 1.165) is 5.56 Å². The highest BCUT2D eigenvalue weighted by atomic mass is 16.6. The number of hydrogen-bond donors (Lipinski definition) is 1. The Morgan fingerprint density at radius 1 is 1.07 bits per heavy atom. The van der Waals surface area contributed by atoms with Crippen molar-refractivity contribution in [1.82, 2.24) is 10.2 Å². The van der Waals surface area contributed by atoms with E-state index < -0.39 is 16.4 Å². The quantitative estimate of drug-likeness (QED) is 0.449. The number of piperazine rings is 1. The summed E-state index contributed by atoms with van der Waals surface area (Å²) in [5.74, 6) is -0.603. The third kappa shape index (κ3) is 3.70. The average molecular weight is 407 g/mol. The summed E-state index contributed by atoms with van der Waals surface area (Å²) < 4.78 is 0. The number of nitrogens with one attached hydrogen (secondary N) is 1. The first-order valence-electron chi connectivity index (χ1n) is 9.97. The molecule has 1 atom stereocenters. The molecule has 1 saturated heterocycles. The Balaban J connectivity index is 2.09. The number of nitrogens with zero attached hydrogens (tertiary/aromatic N) is 2. The van der Waals surface area contributed by atoms with Gasteiger partial charge in [-0.25, -0.2) is 0 Å². The van der Waals surface area contributed by atoms with Gasteiger partial charge in [0.15, 0.2) is 0 Å². The van der Waals surface area contributed by atoms with Crippen LogP contribution in [0.2, 0.25) is 0 Å². The monoisotopic (exact) mass is 407 g/mol. The fourth-order valence-electron chi connectivity index (χ4n) is 3.99. The number of hydrogen-bond acceptors (Lipinski definition) is 4. The largest absolute Gasteiger partial charge is 0.336 e. The van der Waals surface area contributed by atoms with Crippen LogP contribution in [0.25, 0.3) is 5.57 Å². The molecule has 2 aromatic carbocycles. The molecule has 1 N–H and O–H groups in total. The minimum absolute atomic E-state index is 0.101. The van der Waals surface area contributed by atoms with Gasteiger partial charge in [0.2, 0.25) is 0 Å². The van der Waals surface area contributed by atoms with Gasteiger partial charge in [0.25, 0.3) is 17.5 Å². The van der Waals surface area contributed by atoms with Crippen molar-refractivity contribution in [3.05, 3.63) is 81.5 Å². The first-order chi connectivity index (χ1) is 14.3. The SMILES string of the molecule is CCN1C(=O)C(CC)(Cc2ccccc2)NC(=O)C1=C(C)c1ccccc1[N+](=O)[O-]. The van der Waals surface area contributed by atoms with E-state index in [4.69, 9.17) is 0 Å². The van der Waals surface area contributed by atoms with Gasteiger partial charge < -0.3 is 10.2 Å². The number of rotatable bonds is 6. The van der Waals surface area contributed by atoms with Gasteiger partial charge in [0.1, 0.15) is 11.2 Å². The van der Waals surface area contributed by atoms with E-state index in [1.165, 1.54) is 11.0 Å². The molecule has 0 saturated carbocycles. The van der Waals surface area contributed by atoms with Crippen molar-refractivity contribution >= 4 is 23.1 Å². The molecular weight excluding hydrogens is 382 g/mol. The molecule has 1 fully saturated rings. The molecule has 0 aliphatic carbocycles. The number of benzene rings is 2. The van der Waals surface area contributed by atoms with Gasteiger partial charge in [-0.05, 0) is 37.5 Å². The van der Waals surface area contributed by atoms with Crippen LogP contribution in [0.5, 0.6) is 0 Å². The van der Waals surface area contributed by atoms with Crippen LogP contribution >= 0.6 is 0 Å². The molecule has 7 nitrogen and oxygen atoms in total. The lowest BCUT2D eigenvalue weighted by molar-refractivity contribution is -0.385. The number of carbonyl (C=O) groups excluding carboxylic acids is 2. The van der Waals surface area contributed by atoms with Gasteiger partial charge in [-0.1, -0.05) is 49.4 Å². The van der Waals surface area contributed by atoms with E-state index in [1.807, 2.05) is 37.3 Å². The molecular formula is C23H25N3O4. The minimum atomic E-state index is -1.05. The number of nitro benzene ring substituents is 1. The van der Waals surface area contributed by atoms with E-state index in [-0.39, 0.29) is 23.8 Å². The number of likely N-dealkylation sites (N-methyl/N-ethyl adjacent to an activating group) is 1. The summed E-state index contributed by atoms with van der Waals surface area (Å²) in [6.07, 6.45) is 0.810. The fraction of sp³-hybridized carbons (Fsp3) is 0.304. The third-order valence-electron chi connectivity index (χ3n) is 5.62.